The van der Waals surface area contributed by atoms with Gasteiger partial charge < -0.3 is 10.2 Å². The van der Waals surface area contributed by atoms with E-state index in [1.54, 1.807) is 0 Å². The molecule has 2 nitrogen and oxygen atoms in total. The largest absolute Gasteiger partial charge is 0.360 e. The maximum absolute atomic E-state index is 5.47. The number of anilines is 1. The van der Waals surface area contributed by atoms with Crippen molar-refractivity contribution in [2.75, 3.05) is 11.9 Å². The average molecular weight is 262 g/mol. The molecule has 0 atom stereocenters. The summed E-state index contributed by atoms with van der Waals surface area (Å²) < 4.78 is 0. The molecule has 18 heavy (non-hydrogen) atoms. The number of hydrogen-bond donors (Lipinski definition) is 1. The molecule has 1 aliphatic rings. The van der Waals surface area contributed by atoms with Gasteiger partial charge in [0.15, 0.2) is 5.11 Å². The van der Waals surface area contributed by atoms with E-state index in [0.29, 0.717) is 6.04 Å². The summed E-state index contributed by atoms with van der Waals surface area (Å²) in [7, 11) is 2.03. The molecule has 0 heterocycles. The summed E-state index contributed by atoms with van der Waals surface area (Å²) in [4.78, 5) is 2.06. The number of benzene rings is 1. The predicted octanol–water partition coefficient (Wildman–Crippen LogP) is 3.50. The first-order valence-electron chi connectivity index (χ1n) is 6.84. The Morgan fingerprint density at radius 2 is 1.89 bits per heavy atom. The number of rotatable bonds is 3. The third-order valence-corrected chi connectivity index (χ3v) is 4.11. The van der Waals surface area contributed by atoms with Crippen molar-refractivity contribution < 1.29 is 0 Å². The van der Waals surface area contributed by atoms with Crippen molar-refractivity contribution in [1.82, 2.24) is 5.32 Å². The summed E-state index contributed by atoms with van der Waals surface area (Å²) >= 11 is 5.47. The quantitative estimate of drug-likeness (QED) is 0.839. The average Bonchev–Trinajstić information content (AvgIpc) is 2.91. The Hall–Kier alpha value is -1.09. The van der Waals surface area contributed by atoms with Crippen LogP contribution in [0.5, 0.6) is 0 Å². The van der Waals surface area contributed by atoms with Gasteiger partial charge in [-0.1, -0.05) is 31.9 Å². The second-order valence-corrected chi connectivity index (χ2v) is 5.40. The van der Waals surface area contributed by atoms with E-state index in [4.69, 9.17) is 12.2 Å². The molecule has 0 aromatic heterocycles. The van der Waals surface area contributed by atoms with Gasteiger partial charge in [-0.3, -0.25) is 0 Å². The summed E-state index contributed by atoms with van der Waals surface area (Å²) in [6, 6.07) is 9.20. The van der Waals surface area contributed by atoms with Crippen LogP contribution in [0.15, 0.2) is 24.3 Å². The Morgan fingerprint density at radius 1 is 1.28 bits per heavy atom. The number of nitrogens with zero attached hydrogens (tertiary/aromatic N) is 1. The lowest BCUT2D eigenvalue weighted by Crippen LogP contribution is -2.41. The van der Waals surface area contributed by atoms with E-state index in [1.807, 2.05) is 7.05 Å². The van der Waals surface area contributed by atoms with Crippen molar-refractivity contribution in [3.05, 3.63) is 29.8 Å². The van der Waals surface area contributed by atoms with Gasteiger partial charge in [-0.15, -0.1) is 0 Å². The SMILES string of the molecule is CCc1ccc(N(C)C(=S)NC2CCCC2)cc1. The number of hydrogen-bond acceptors (Lipinski definition) is 1. The minimum atomic E-state index is 0.579. The highest BCUT2D eigenvalue weighted by molar-refractivity contribution is 7.80. The molecule has 1 aromatic rings. The predicted molar refractivity (Wildman–Crippen MR) is 82.2 cm³/mol. The van der Waals surface area contributed by atoms with E-state index in [9.17, 15) is 0 Å². The molecule has 3 heteroatoms. The Kier molecular flexibility index (Phi) is 4.59. The molecule has 0 unspecified atom stereocenters. The van der Waals surface area contributed by atoms with Crippen LogP contribution in [0.1, 0.15) is 38.2 Å². The second kappa shape index (κ2) is 6.19. The summed E-state index contributed by atoms with van der Waals surface area (Å²) in [5.41, 5.74) is 2.52. The first-order valence-corrected chi connectivity index (χ1v) is 7.24. The Morgan fingerprint density at radius 3 is 2.44 bits per heavy atom. The van der Waals surface area contributed by atoms with E-state index in [-0.39, 0.29) is 0 Å². The third kappa shape index (κ3) is 3.22. The summed E-state index contributed by atoms with van der Waals surface area (Å²) in [5, 5.41) is 4.30. The van der Waals surface area contributed by atoms with Crippen LogP contribution in [0.3, 0.4) is 0 Å². The van der Waals surface area contributed by atoms with Crippen LogP contribution in [0, 0.1) is 0 Å². The third-order valence-electron chi connectivity index (χ3n) is 3.72. The van der Waals surface area contributed by atoms with Crippen molar-refractivity contribution >= 4 is 23.0 Å². The topological polar surface area (TPSA) is 15.3 Å². The number of aryl methyl sites for hydroxylation is 1. The van der Waals surface area contributed by atoms with Gasteiger partial charge in [0, 0.05) is 18.8 Å². The van der Waals surface area contributed by atoms with Gasteiger partial charge in [0.05, 0.1) is 0 Å². The Balaban J connectivity index is 1.95. The van der Waals surface area contributed by atoms with Crippen molar-refractivity contribution in [2.24, 2.45) is 0 Å². The zero-order chi connectivity index (χ0) is 13.0. The normalized spacial score (nSPS) is 15.7. The monoisotopic (exact) mass is 262 g/mol. The minimum Gasteiger partial charge on any atom is -0.360 e. The lowest BCUT2D eigenvalue weighted by molar-refractivity contribution is 0.630. The van der Waals surface area contributed by atoms with Gasteiger partial charge >= 0.3 is 0 Å². The van der Waals surface area contributed by atoms with Crippen molar-refractivity contribution in [1.29, 1.82) is 0 Å². The molecular weight excluding hydrogens is 240 g/mol. The smallest absolute Gasteiger partial charge is 0.173 e. The van der Waals surface area contributed by atoms with E-state index >= 15 is 0 Å². The fourth-order valence-electron chi connectivity index (χ4n) is 2.41. The first-order chi connectivity index (χ1) is 8.70. The van der Waals surface area contributed by atoms with Gasteiger partial charge in [0.2, 0.25) is 0 Å². The lowest BCUT2D eigenvalue weighted by Gasteiger charge is -2.24. The van der Waals surface area contributed by atoms with Gasteiger partial charge in [-0.05, 0) is 49.2 Å². The fourth-order valence-corrected chi connectivity index (χ4v) is 2.69. The molecule has 1 saturated carbocycles. The molecule has 0 bridgehead atoms. The minimum absolute atomic E-state index is 0.579. The Labute approximate surface area is 115 Å². The second-order valence-electron chi connectivity index (χ2n) is 5.01. The van der Waals surface area contributed by atoms with Gasteiger partial charge in [-0.2, -0.15) is 0 Å². The molecule has 1 aromatic carbocycles. The molecule has 1 aliphatic carbocycles. The number of thiocarbonyl (C=S) groups is 1. The summed E-state index contributed by atoms with van der Waals surface area (Å²) in [6.07, 6.45) is 6.24. The van der Waals surface area contributed by atoms with Gasteiger partial charge in [0.25, 0.3) is 0 Å². The maximum atomic E-state index is 5.47. The standard InChI is InChI=1S/C15H22N2S/c1-3-12-8-10-14(11-9-12)17(2)15(18)16-13-6-4-5-7-13/h8-11,13H,3-7H2,1-2H3,(H,16,18). The van der Waals surface area contributed by atoms with Crippen LogP contribution in [0.4, 0.5) is 5.69 Å². The van der Waals surface area contributed by atoms with Crippen LogP contribution in [-0.4, -0.2) is 18.2 Å². The zero-order valence-corrected chi connectivity index (χ0v) is 12.1. The molecule has 0 aliphatic heterocycles. The molecule has 0 spiro atoms. The fraction of sp³-hybridized carbons (Fsp3) is 0.533. The van der Waals surface area contributed by atoms with Crippen LogP contribution in [0.2, 0.25) is 0 Å². The van der Waals surface area contributed by atoms with E-state index in [2.05, 4.69) is 41.4 Å². The molecule has 0 radical (unpaired) electrons. The zero-order valence-electron chi connectivity index (χ0n) is 11.3. The van der Waals surface area contributed by atoms with Crippen molar-refractivity contribution in [3.8, 4) is 0 Å². The molecule has 1 N–H and O–H groups in total. The van der Waals surface area contributed by atoms with E-state index in [1.165, 1.54) is 31.2 Å². The van der Waals surface area contributed by atoms with Gasteiger partial charge in [0.1, 0.15) is 0 Å². The molecule has 1 fully saturated rings. The van der Waals surface area contributed by atoms with Crippen LogP contribution < -0.4 is 10.2 Å². The highest BCUT2D eigenvalue weighted by Crippen LogP contribution is 2.19. The van der Waals surface area contributed by atoms with E-state index < -0.39 is 0 Å². The van der Waals surface area contributed by atoms with Crippen molar-refractivity contribution in [2.45, 2.75) is 45.1 Å². The maximum Gasteiger partial charge on any atom is 0.173 e. The van der Waals surface area contributed by atoms with Gasteiger partial charge in [-0.25, -0.2) is 0 Å². The van der Waals surface area contributed by atoms with E-state index in [0.717, 1.165) is 17.2 Å². The van der Waals surface area contributed by atoms with Crippen LogP contribution in [0.25, 0.3) is 0 Å². The molecule has 0 saturated heterocycles. The van der Waals surface area contributed by atoms with Crippen LogP contribution in [-0.2, 0) is 6.42 Å². The molecule has 2 rings (SSSR count). The summed E-state index contributed by atoms with van der Waals surface area (Å²) in [6.45, 7) is 2.17. The molecule has 98 valence electrons. The Bertz CT molecular complexity index is 393. The highest BCUT2D eigenvalue weighted by Gasteiger charge is 2.17. The molecule has 0 amide bonds. The molecular formula is C15H22N2S. The first kappa shape index (κ1) is 13.3. The summed E-state index contributed by atoms with van der Waals surface area (Å²) in [5.74, 6) is 0. The lowest BCUT2D eigenvalue weighted by atomic mass is 10.1. The van der Waals surface area contributed by atoms with Crippen LogP contribution >= 0.6 is 12.2 Å². The van der Waals surface area contributed by atoms with Crippen molar-refractivity contribution in [3.63, 3.8) is 0 Å². The number of nitrogens with one attached hydrogen (secondary N) is 1. The highest BCUT2D eigenvalue weighted by atomic mass is 32.1.